The molecule has 1 rings (SSSR count). The molecule has 0 bridgehead atoms. The molecular weight excluding hydrogens is 168 g/mol. The minimum Gasteiger partial charge on any atom is -0.0654 e. The van der Waals surface area contributed by atoms with E-state index in [-0.39, 0.29) is 0 Å². The predicted octanol–water partition coefficient (Wildman–Crippen LogP) is 4.74. The Morgan fingerprint density at radius 1 is 1.21 bits per heavy atom. The summed E-state index contributed by atoms with van der Waals surface area (Å²) >= 11 is 0. The highest BCUT2D eigenvalue weighted by Crippen LogP contribution is 2.65. The molecule has 0 aliphatic heterocycles. The second-order valence-corrected chi connectivity index (χ2v) is 5.94. The van der Waals surface area contributed by atoms with Crippen LogP contribution in [0.5, 0.6) is 0 Å². The third kappa shape index (κ3) is 1.85. The van der Waals surface area contributed by atoms with Crippen molar-refractivity contribution in [1.82, 2.24) is 0 Å². The second kappa shape index (κ2) is 4.24. The van der Waals surface area contributed by atoms with E-state index in [2.05, 4.69) is 41.5 Å². The molecule has 0 saturated heterocycles. The highest BCUT2D eigenvalue weighted by molar-refractivity contribution is 5.08. The van der Waals surface area contributed by atoms with Crippen molar-refractivity contribution in [1.29, 1.82) is 0 Å². The zero-order valence-corrected chi connectivity index (χ0v) is 10.9. The van der Waals surface area contributed by atoms with Gasteiger partial charge in [-0.05, 0) is 35.5 Å². The molecular formula is C14H28. The topological polar surface area (TPSA) is 0 Å². The van der Waals surface area contributed by atoms with Crippen LogP contribution in [-0.2, 0) is 0 Å². The molecule has 0 spiro atoms. The van der Waals surface area contributed by atoms with E-state index in [9.17, 15) is 0 Å². The van der Waals surface area contributed by atoms with Gasteiger partial charge in [-0.2, -0.15) is 0 Å². The smallest absolute Gasteiger partial charge is 0.0238 e. The molecule has 0 heterocycles. The molecule has 0 nitrogen and oxygen atoms in total. The molecule has 0 N–H and O–H groups in total. The van der Waals surface area contributed by atoms with Crippen molar-refractivity contribution in [2.24, 2.45) is 29.1 Å². The monoisotopic (exact) mass is 196 g/mol. The summed E-state index contributed by atoms with van der Waals surface area (Å²) in [6.07, 6.45) is 4.25. The van der Waals surface area contributed by atoms with Gasteiger partial charge in [0.15, 0.2) is 0 Å². The van der Waals surface area contributed by atoms with E-state index in [0.717, 1.165) is 23.7 Å². The van der Waals surface area contributed by atoms with Crippen molar-refractivity contribution in [2.45, 2.75) is 60.8 Å². The first-order valence-electron chi connectivity index (χ1n) is 6.46. The fourth-order valence-electron chi connectivity index (χ4n) is 3.32. The maximum absolute atomic E-state index is 2.52. The van der Waals surface area contributed by atoms with Crippen molar-refractivity contribution < 1.29 is 0 Å². The van der Waals surface area contributed by atoms with Gasteiger partial charge in [-0.15, -0.1) is 0 Å². The predicted molar refractivity (Wildman–Crippen MR) is 64.3 cm³/mol. The van der Waals surface area contributed by atoms with Gasteiger partial charge in [0.2, 0.25) is 0 Å². The maximum Gasteiger partial charge on any atom is -0.0238 e. The van der Waals surface area contributed by atoms with Gasteiger partial charge in [-0.3, -0.25) is 0 Å². The van der Waals surface area contributed by atoms with Gasteiger partial charge in [0.1, 0.15) is 0 Å². The molecule has 0 aromatic heterocycles. The standard InChI is InChI=1S/C14H28/c1-7-8-9-13-12(5)14(13,6)11(4)10(2)3/h10-13H,7-9H2,1-6H3. The Morgan fingerprint density at radius 2 is 1.79 bits per heavy atom. The molecule has 0 radical (unpaired) electrons. The molecule has 1 aliphatic carbocycles. The van der Waals surface area contributed by atoms with E-state index in [0.29, 0.717) is 5.41 Å². The van der Waals surface area contributed by atoms with Crippen LogP contribution < -0.4 is 0 Å². The Kier molecular flexibility index (Phi) is 3.66. The minimum absolute atomic E-state index is 0.656. The fourth-order valence-corrected chi connectivity index (χ4v) is 3.32. The van der Waals surface area contributed by atoms with Crippen molar-refractivity contribution in [2.75, 3.05) is 0 Å². The van der Waals surface area contributed by atoms with E-state index in [1.807, 2.05) is 0 Å². The minimum atomic E-state index is 0.656. The first-order chi connectivity index (χ1) is 6.46. The van der Waals surface area contributed by atoms with Crippen molar-refractivity contribution in [3.63, 3.8) is 0 Å². The lowest BCUT2D eigenvalue weighted by molar-refractivity contribution is 0.238. The lowest BCUT2D eigenvalue weighted by atomic mass is 9.80. The molecule has 0 heteroatoms. The van der Waals surface area contributed by atoms with Gasteiger partial charge in [-0.25, -0.2) is 0 Å². The third-order valence-electron chi connectivity index (χ3n) is 5.12. The molecule has 1 fully saturated rings. The molecule has 1 aliphatic rings. The fraction of sp³-hybridized carbons (Fsp3) is 1.00. The molecule has 4 unspecified atom stereocenters. The summed E-state index contributed by atoms with van der Waals surface area (Å²) in [5.41, 5.74) is 0.656. The molecule has 84 valence electrons. The van der Waals surface area contributed by atoms with Crippen LogP contribution >= 0.6 is 0 Å². The number of rotatable bonds is 5. The summed E-state index contributed by atoms with van der Waals surface area (Å²) < 4.78 is 0. The Balaban J connectivity index is 2.52. The van der Waals surface area contributed by atoms with Crippen LogP contribution in [0.15, 0.2) is 0 Å². The Hall–Kier alpha value is 0. The van der Waals surface area contributed by atoms with Crippen LogP contribution in [0.25, 0.3) is 0 Å². The number of hydrogen-bond acceptors (Lipinski definition) is 0. The highest BCUT2D eigenvalue weighted by Gasteiger charge is 2.60. The Morgan fingerprint density at radius 3 is 2.21 bits per heavy atom. The van der Waals surface area contributed by atoms with Gasteiger partial charge in [0.25, 0.3) is 0 Å². The normalized spacial score (nSPS) is 38.8. The van der Waals surface area contributed by atoms with E-state index in [1.165, 1.54) is 19.3 Å². The van der Waals surface area contributed by atoms with Crippen molar-refractivity contribution in [3.05, 3.63) is 0 Å². The summed E-state index contributed by atoms with van der Waals surface area (Å²) in [6.45, 7) is 14.5. The van der Waals surface area contributed by atoms with E-state index in [1.54, 1.807) is 0 Å². The second-order valence-electron chi connectivity index (χ2n) is 5.94. The average Bonchev–Trinajstić information content (AvgIpc) is 2.66. The van der Waals surface area contributed by atoms with Crippen LogP contribution in [0.2, 0.25) is 0 Å². The lowest BCUT2D eigenvalue weighted by Gasteiger charge is -2.25. The SMILES string of the molecule is CCCCC1C(C)C1(C)C(C)C(C)C. The van der Waals surface area contributed by atoms with Crippen LogP contribution in [0.4, 0.5) is 0 Å². The molecule has 14 heavy (non-hydrogen) atoms. The molecule has 0 aromatic carbocycles. The van der Waals surface area contributed by atoms with E-state index in [4.69, 9.17) is 0 Å². The zero-order chi connectivity index (χ0) is 10.9. The van der Waals surface area contributed by atoms with Gasteiger partial charge >= 0.3 is 0 Å². The number of unbranched alkanes of at least 4 members (excludes halogenated alkanes) is 1. The average molecular weight is 196 g/mol. The van der Waals surface area contributed by atoms with Crippen LogP contribution in [0.3, 0.4) is 0 Å². The van der Waals surface area contributed by atoms with E-state index >= 15 is 0 Å². The molecule has 1 saturated carbocycles. The van der Waals surface area contributed by atoms with Crippen LogP contribution in [0.1, 0.15) is 60.8 Å². The zero-order valence-electron chi connectivity index (χ0n) is 10.9. The number of hydrogen-bond donors (Lipinski definition) is 0. The Bertz CT molecular complexity index is 182. The molecule has 4 atom stereocenters. The van der Waals surface area contributed by atoms with Gasteiger partial charge in [0, 0.05) is 0 Å². The van der Waals surface area contributed by atoms with E-state index < -0.39 is 0 Å². The van der Waals surface area contributed by atoms with Crippen LogP contribution in [0, 0.1) is 29.1 Å². The van der Waals surface area contributed by atoms with Gasteiger partial charge < -0.3 is 0 Å². The van der Waals surface area contributed by atoms with Crippen molar-refractivity contribution >= 4 is 0 Å². The van der Waals surface area contributed by atoms with Crippen molar-refractivity contribution in [3.8, 4) is 0 Å². The molecule has 0 amide bonds. The first kappa shape index (κ1) is 12.1. The molecule has 0 aromatic rings. The van der Waals surface area contributed by atoms with Gasteiger partial charge in [0.05, 0.1) is 0 Å². The summed E-state index contributed by atoms with van der Waals surface area (Å²) in [6, 6.07) is 0. The van der Waals surface area contributed by atoms with Gasteiger partial charge in [-0.1, -0.05) is 54.4 Å². The summed E-state index contributed by atoms with van der Waals surface area (Å²) in [5, 5.41) is 0. The summed E-state index contributed by atoms with van der Waals surface area (Å²) in [4.78, 5) is 0. The lowest BCUT2D eigenvalue weighted by Crippen LogP contribution is -2.18. The Labute approximate surface area is 90.5 Å². The largest absolute Gasteiger partial charge is 0.0654 e. The highest BCUT2D eigenvalue weighted by atomic mass is 14.6. The summed E-state index contributed by atoms with van der Waals surface area (Å²) in [5.74, 6) is 3.71. The van der Waals surface area contributed by atoms with Crippen LogP contribution in [-0.4, -0.2) is 0 Å². The summed E-state index contributed by atoms with van der Waals surface area (Å²) in [7, 11) is 0. The first-order valence-corrected chi connectivity index (χ1v) is 6.46. The quantitative estimate of drug-likeness (QED) is 0.595. The third-order valence-corrected chi connectivity index (χ3v) is 5.12. The maximum atomic E-state index is 2.52.